The van der Waals surface area contributed by atoms with E-state index in [0.29, 0.717) is 5.56 Å². The van der Waals surface area contributed by atoms with Crippen molar-refractivity contribution in [1.82, 2.24) is 4.57 Å². The second kappa shape index (κ2) is 5.49. The van der Waals surface area contributed by atoms with Gasteiger partial charge in [-0.2, -0.15) is 0 Å². The molecule has 0 fully saturated rings. The maximum atomic E-state index is 11.8. The fourth-order valence-electron chi connectivity index (χ4n) is 2.30. The van der Waals surface area contributed by atoms with Crippen LogP contribution < -0.4 is 4.74 Å². The Bertz CT molecular complexity index is 617. The first-order valence-electron chi connectivity index (χ1n) is 6.01. The van der Waals surface area contributed by atoms with E-state index in [1.807, 2.05) is 48.7 Å². The topological polar surface area (TPSA) is 31.2 Å². The highest BCUT2D eigenvalue weighted by atomic mass is 35.5. The number of Topliss-reactive ketones (excluding diaryl/α,β-unsaturated/α-hetero) is 1. The minimum atomic E-state index is -0.0593. The van der Waals surface area contributed by atoms with Crippen LogP contribution in [0.3, 0.4) is 0 Å². The molecule has 0 spiro atoms. The predicted molar refractivity (Wildman–Crippen MR) is 76.8 cm³/mol. The van der Waals surface area contributed by atoms with Crippen molar-refractivity contribution in [2.75, 3.05) is 13.0 Å². The zero-order chi connectivity index (χ0) is 14.0. The Labute approximate surface area is 117 Å². The molecule has 19 heavy (non-hydrogen) atoms. The summed E-state index contributed by atoms with van der Waals surface area (Å²) in [4.78, 5) is 11.8. The number of nitrogens with zero attached hydrogens (tertiary/aromatic N) is 1. The molecule has 0 N–H and O–H groups in total. The van der Waals surface area contributed by atoms with Gasteiger partial charge in [0.05, 0.1) is 18.7 Å². The van der Waals surface area contributed by atoms with Gasteiger partial charge in [0.1, 0.15) is 5.75 Å². The fourth-order valence-corrected chi connectivity index (χ4v) is 2.45. The van der Waals surface area contributed by atoms with Gasteiger partial charge in [-0.05, 0) is 32.0 Å². The van der Waals surface area contributed by atoms with Crippen LogP contribution in [0.15, 0.2) is 30.3 Å². The van der Waals surface area contributed by atoms with Gasteiger partial charge in [-0.1, -0.05) is 12.1 Å². The van der Waals surface area contributed by atoms with Crippen LogP contribution in [0.5, 0.6) is 5.75 Å². The number of carbonyl (C=O) groups excluding carboxylic acids is 1. The summed E-state index contributed by atoms with van der Waals surface area (Å²) in [7, 11) is 1.64. The number of benzene rings is 1. The number of ketones is 1. The van der Waals surface area contributed by atoms with Crippen LogP contribution in [0.4, 0.5) is 0 Å². The summed E-state index contributed by atoms with van der Waals surface area (Å²) < 4.78 is 7.39. The molecule has 3 nitrogen and oxygen atoms in total. The van der Waals surface area contributed by atoms with Crippen molar-refractivity contribution < 1.29 is 9.53 Å². The average Bonchev–Trinajstić information content (AvgIpc) is 2.73. The van der Waals surface area contributed by atoms with E-state index in [0.717, 1.165) is 22.8 Å². The molecule has 1 heterocycles. The Morgan fingerprint density at radius 2 is 2.00 bits per heavy atom. The summed E-state index contributed by atoms with van der Waals surface area (Å²) >= 11 is 5.64. The van der Waals surface area contributed by atoms with E-state index in [1.165, 1.54) is 0 Å². The zero-order valence-electron chi connectivity index (χ0n) is 11.2. The van der Waals surface area contributed by atoms with E-state index in [-0.39, 0.29) is 11.7 Å². The monoisotopic (exact) mass is 277 g/mol. The molecule has 0 aliphatic carbocycles. The van der Waals surface area contributed by atoms with Crippen molar-refractivity contribution in [3.05, 3.63) is 47.3 Å². The lowest BCUT2D eigenvalue weighted by molar-refractivity contribution is 0.102. The molecule has 0 bridgehead atoms. The van der Waals surface area contributed by atoms with Crippen molar-refractivity contribution in [2.45, 2.75) is 13.8 Å². The fraction of sp³-hybridized carbons (Fsp3) is 0.267. The number of ether oxygens (including phenoxy) is 1. The molecule has 0 radical (unpaired) electrons. The van der Waals surface area contributed by atoms with E-state index < -0.39 is 0 Å². The van der Waals surface area contributed by atoms with Crippen LogP contribution in [-0.2, 0) is 0 Å². The first-order valence-corrected chi connectivity index (χ1v) is 6.55. The van der Waals surface area contributed by atoms with Crippen LogP contribution in [0.25, 0.3) is 5.69 Å². The van der Waals surface area contributed by atoms with Gasteiger partial charge in [-0.25, -0.2) is 0 Å². The van der Waals surface area contributed by atoms with E-state index in [4.69, 9.17) is 16.3 Å². The normalized spacial score (nSPS) is 10.5. The molecule has 1 aromatic heterocycles. The summed E-state index contributed by atoms with van der Waals surface area (Å²) in [5, 5.41) is 0. The molecule has 0 aliphatic heterocycles. The maximum Gasteiger partial charge on any atom is 0.179 e. The number of hydrogen-bond donors (Lipinski definition) is 0. The number of alkyl halides is 1. The summed E-state index contributed by atoms with van der Waals surface area (Å²) in [6.45, 7) is 3.88. The minimum absolute atomic E-state index is 0.00375. The van der Waals surface area contributed by atoms with Gasteiger partial charge in [-0.15, -0.1) is 11.6 Å². The third-order valence-electron chi connectivity index (χ3n) is 3.18. The number of methoxy groups -OCH3 is 1. The second-order valence-corrected chi connectivity index (χ2v) is 4.62. The van der Waals surface area contributed by atoms with Crippen molar-refractivity contribution in [1.29, 1.82) is 0 Å². The third-order valence-corrected chi connectivity index (χ3v) is 3.42. The lowest BCUT2D eigenvalue weighted by atomic mass is 10.2. The molecule has 0 aliphatic rings. The molecule has 1 aromatic carbocycles. The average molecular weight is 278 g/mol. The van der Waals surface area contributed by atoms with Gasteiger partial charge < -0.3 is 9.30 Å². The van der Waals surface area contributed by atoms with Crippen LogP contribution in [0.2, 0.25) is 0 Å². The van der Waals surface area contributed by atoms with E-state index in [9.17, 15) is 4.79 Å². The molecule has 2 aromatic rings. The van der Waals surface area contributed by atoms with Crippen LogP contribution in [0.1, 0.15) is 21.7 Å². The van der Waals surface area contributed by atoms with Crippen molar-refractivity contribution in [2.24, 2.45) is 0 Å². The molecule has 2 rings (SSSR count). The summed E-state index contributed by atoms with van der Waals surface area (Å²) in [6.07, 6.45) is 0. The first kappa shape index (κ1) is 13.7. The number of hydrogen-bond acceptors (Lipinski definition) is 2. The SMILES string of the molecule is COc1ccccc1-n1c(C)cc(C(=O)CCl)c1C. The first-order chi connectivity index (χ1) is 9.10. The molecule has 0 saturated carbocycles. The Morgan fingerprint density at radius 1 is 1.32 bits per heavy atom. The van der Waals surface area contributed by atoms with Crippen LogP contribution in [0, 0.1) is 13.8 Å². The minimum Gasteiger partial charge on any atom is -0.495 e. The molecule has 0 atom stereocenters. The van der Waals surface area contributed by atoms with Gasteiger partial charge >= 0.3 is 0 Å². The highest BCUT2D eigenvalue weighted by Crippen LogP contribution is 2.28. The molecule has 0 unspecified atom stereocenters. The molecular formula is C15H16ClNO2. The quantitative estimate of drug-likeness (QED) is 0.632. The zero-order valence-corrected chi connectivity index (χ0v) is 12.0. The lowest BCUT2D eigenvalue weighted by Crippen LogP contribution is -2.05. The van der Waals surface area contributed by atoms with Gasteiger partial charge in [0.2, 0.25) is 0 Å². The van der Waals surface area contributed by atoms with Gasteiger partial charge in [0.25, 0.3) is 0 Å². The Kier molecular flexibility index (Phi) is 3.96. The second-order valence-electron chi connectivity index (χ2n) is 4.35. The number of aromatic nitrogens is 1. The maximum absolute atomic E-state index is 11.8. The number of halogens is 1. The van der Waals surface area contributed by atoms with Crippen LogP contribution >= 0.6 is 11.6 Å². The molecule has 0 amide bonds. The highest BCUT2D eigenvalue weighted by molar-refractivity contribution is 6.30. The third kappa shape index (κ3) is 2.38. The smallest absolute Gasteiger partial charge is 0.179 e. The van der Waals surface area contributed by atoms with Gasteiger partial charge in [0.15, 0.2) is 5.78 Å². The molecule has 0 saturated heterocycles. The Morgan fingerprint density at radius 3 is 2.63 bits per heavy atom. The van der Waals surface area contributed by atoms with E-state index >= 15 is 0 Å². The Balaban J connectivity index is 2.63. The standard InChI is InChI=1S/C15H16ClNO2/c1-10-8-12(14(18)9-16)11(2)17(10)13-6-4-5-7-15(13)19-3/h4-8H,9H2,1-3H3. The summed E-state index contributed by atoms with van der Waals surface area (Å²) in [5.74, 6) is 0.709. The lowest BCUT2D eigenvalue weighted by Gasteiger charge is -2.13. The van der Waals surface area contributed by atoms with E-state index in [1.54, 1.807) is 7.11 Å². The number of aryl methyl sites for hydroxylation is 1. The van der Waals surface area contributed by atoms with Gasteiger partial charge in [-0.3, -0.25) is 4.79 Å². The van der Waals surface area contributed by atoms with Gasteiger partial charge in [0, 0.05) is 17.0 Å². The van der Waals surface area contributed by atoms with E-state index in [2.05, 4.69) is 0 Å². The van der Waals surface area contributed by atoms with Crippen molar-refractivity contribution in [3.63, 3.8) is 0 Å². The molecule has 4 heteroatoms. The number of rotatable bonds is 4. The summed E-state index contributed by atoms with van der Waals surface area (Å²) in [5.41, 5.74) is 3.45. The summed E-state index contributed by atoms with van der Waals surface area (Å²) in [6, 6.07) is 9.60. The highest BCUT2D eigenvalue weighted by Gasteiger charge is 2.17. The Hall–Kier alpha value is -1.74. The largest absolute Gasteiger partial charge is 0.495 e. The molecule has 100 valence electrons. The molecular weight excluding hydrogens is 262 g/mol. The van der Waals surface area contributed by atoms with Crippen molar-refractivity contribution >= 4 is 17.4 Å². The predicted octanol–water partition coefficient (Wildman–Crippen LogP) is 3.52. The number of para-hydroxylation sites is 2. The van der Waals surface area contributed by atoms with Crippen molar-refractivity contribution in [3.8, 4) is 11.4 Å². The number of carbonyl (C=O) groups is 1. The van der Waals surface area contributed by atoms with Crippen LogP contribution in [-0.4, -0.2) is 23.3 Å².